The normalized spacial score (nSPS) is 44.5. The Hall–Kier alpha value is -0.630. The molecule has 3 rings (SSSR count). The molecule has 2 fully saturated rings. The predicted molar refractivity (Wildman–Crippen MR) is 89.4 cm³/mol. The van der Waals surface area contributed by atoms with Crippen LogP contribution in [-0.4, -0.2) is 17.5 Å². The van der Waals surface area contributed by atoms with Gasteiger partial charge in [0.25, 0.3) is 0 Å². The number of fused-ring (bicyclic) bond motifs is 3. The highest BCUT2D eigenvalue weighted by atomic mass is 16.3. The van der Waals surface area contributed by atoms with Gasteiger partial charge in [-0.05, 0) is 67.6 Å². The lowest BCUT2D eigenvalue weighted by molar-refractivity contribution is -0.124. The van der Waals surface area contributed by atoms with Gasteiger partial charge in [0.05, 0.1) is 0 Å². The third kappa shape index (κ3) is 2.06. The van der Waals surface area contributed by atoms with Crippen molar-refractivity contribution in [3.63, 3.8) is 0 Å². The monoisotopic (exact) mass is 304 g/mol. The fraction of sp³-hybridized carbons (Fsp3) is 0.850. The molecule has 3 unspecified atom stereocenters. The maximum Gasteiger partial charge on any atom is 0.162 e. The first-order valence-corrected chi connectivity index (χ1v) is 9.08. The highest BCUT2D eigenvalue weighted by Gasteiger charge is 2.56. The molecule has 2 nitrogen and oxygen atoms in total. The predicted octanol–water partition coefficient (Wildman–Crippen LogP) is 4.37. The van der Waals surface area contributed by atoms with E-state index in [0.29, 0.717) is 23.5 Å². The number of hydrogen-bond acceptors (Lipinski definition) is 2. The van der Waals surface area contributed by atoms with Crippen LogP contribution in [0.4, 0.5) is 0 Å². The minimum Gasteiger partial charge on any atom is -0.396 e. The summed E-state index contributed by atoms with van der Waals surface area (Å²) in [7, 11) is 0. The third-order valence-corrected chi connectivity index (χ3v) is 7.82. The largest absolute Gasteiger partial charge is 0.396 e. The molecule has 22 heavy (non-hydrogen) atoms. The lowest BCUT2D eigenvalue weighted by Gasteiger charge is -2.50. The molecule has 2 saturated carbocycles. The van der Waals surface area contributed by atoms with Gasteiger partial charge in [-0.2, -0.15) is 0 Å². The molecule has 0 amide bonds. The topological polar surface area (TPSA) is 37.3 Å². The SMILES string of the molecule is CC1=C2C(=O)C3CCC(C)[C@@H](CO)C3C[C@](C)(CC1)C2(C)C. The number of ketones is 1. The third-order valence-electron chi connectivity index (χ3n) is 7.82. The highest BCUT2D eigenvalue weighted by Crippen LogP contribution is 2.62. The van der Waals surface area contributed by atoms with Crippen molar-refractivity contribution < 1.29 is 9.90 Å². The Kier molecular flexibility index (Phi) is 3.83. The summed E-state index contributed by atoms with van der Waals surface area (Å²) < 4.78 is 0. The fourth-order valence-corrected chi connectivity index (χ4v) is 5.84. The van der Waals surface area contributed by atoms with Crippen LogP contribution in [0.2, 0.25) is 0 Å². The van der Waals surface area contributed by atoms with Crippen LogP contribution in [0, 0.1) is 34.5 Å². The van der Waals surface area contributed by atoms with E-state index < -0.39 is 0 Å². The van der Waals surface area contributed by atoms with Crippen LogP contribution < -0.4 is 0 Å². The zero-order valence-corrected chi connectivity index (χ0v) is 14.9. The van der Waals surface area contributed by atoms with E-state index in [-0.39, 0.29) is 23.4 Å². The number of Topliss-reactive ketones (excluding diaryl/α,β-unsaturated/α-hetero) is 1. The average molecular weight is 304 g/mol. The molecule has 0 aromatic heterocycles. The maximum absolute atomic E-state index is 13.4. The van der Waals surface area contributed by atoms with Crippen molar-refractivity contribution in [3.8, 4) is 0 Å². The van der Waals surface area contributed by atoms with E-state index >= 15 is 0 Å². The van der Waals surface area contributed by atoms with Crippen molar-refractivity contribution in [1.29, 1.82) is 0 Å². The smallest absolute Gasteiger partial charge is 0.162 e. The second-order valence-corrected chi connectivity index (χ2v) is 9.08. The quantitative estimate of drug-likeness (QED) is 0.781. The van der Waals surface area contributed by atoms with Crippen LogP contribution >= 0.6 is 0 Å². The maximum atomic E-state index is 13.4. The molecule has 3 aliphatic rings. The molecule has 2 bridgehead atoms. The van der Waals surface area contributed by atoms with Crippen molar-refractivity contribution in [2.45, 2.75) is 66.7 Å². The molecule has 1 N–H and O–H groups in total. The van der Waals surface area contributed by atoms with Gasteiger partial charge >= 0.3 is 0 Å². The Morgan fingerprint density at radius 1 is 1.23 bits per heavy atom. The minimum atomic E-state index is -0.0347. The van der Waals surface area contributed by atoms with E-state index in [1.807, 2.05) is 0 Å². The van der Waals surface area contributed by atoms with E-state index in [0.717, 1.165) is 31.3 Å². The Morgan fingerprint density at radius 2 is 1.91 bits per heavy atom. The van der Waals surface area contributed by atoms with E-state index in [9.17, 15) is 9.90 Å². The first-order valence-electron chi connectivity index (χ1n) is 9.08. The summed E-state index contributed by atoms with van der Waals surface area (Å²) in [5, 5.41) is 9.96. The number of aliphatic hydroxyl groups excluding tert-OH is 1. The van der Waals surface area contributed by atoms with Crippen LogP contribution in [0.5, 0.6) is 0 Å². The number of carbonyl (C=O) groups is 1. The Balaban J connectivity index is 2.13. The number of carbonyl (C=O) groups excluding carboxylic acids is 1. The standard InChI is InChI=1S/C20H32O2/c1-12-6-7-14-15(16(12)11-21)10-20(5)9-8-13(2)17(18(14)22)19(20,3)4/h12,14-16,21H,6-11H2,1-5H3/t12?,14?,15?,16-,20+/m1/s1. The average Bonchev–Trinajstić information content (AvgIpc) is 2.46. The number of rotatable bonds is 1. The van der Waals surface area contributed by atoms with Gasteiger partial charge in [0, 0.05) is 18.1 Å². The lowest BCUT2D eigenvalue weighted by Crippen LogP contribution is -2.42. The Bertz CT molecular complexity index is 516. The molecule has 0 aliphatic heterocycles. The molecule has 2 heteroatoms. The first-order chi connectivity index (χ1) is 10.2. The molecule has 0 aromatic rings. The summed E-state index contributed by atoms with van der Waals surface area (Å²) >= 11 is 0. The number of hydrogen-bond donors (Lipinski definition) is 1. The minimum absolute atomic E-state index is 0.0347. The van der Waals surface area contributed by atoms with Crippen molar-refractivity contribution >= 4 is 5.78 Å². The van der Waals surface area contributed by atoms with Gasteiger partial charge in [0.1, 0.15) is 0 Å². The van der Waals surface area contributed by atoms with Crippen molar-refractivity contribution in [2.75, 3.05) is 6.61 Å². The van der Waals surface area contributed by atoms with Gasteiger partial charge in [0.15, 0.2) is 5.78 Å². The number of aliphatic hydroxyl groups is 1. The zero-order valence-electron chi connectivity index (χ0n) is 14.9. The molecule has 0 aromatic carbocycles. The zero-order chi connectivity index (χ0) is 16.3. The van der Waals surface area contributed by atoms with Gasteiger partial charge in [-0.25, -0.2) is 0 Å². The van der Waals surface area contributed by atoms with Crippen molar-refractivity contribution in [1.82, 2.24) is 0 Å². The van der Waals surface area contributed by atoms with Crippen molar-refractivity contribution in [3.05, 3.63) is 11.1 Å². The Morgan fingerprint density at radius 3 is 2.55 bits per heavy atom. The molecular formula is C20H32O2. The molecular weight excluding hydrogens is 272 g/mol. The van der Waals surface area contributed by atoms with Crippen LogP contribution in [0.3, 0.4) is 0 Å². The summed E-state index contributed by atoms with van der Waals surface area (Å²) in [4.78, 5) is 13.4. The van der Waals surface area contributed by atoms with Gasteiger partial charge < -0.3 is 5.11 Å². The van der Waals surface area contributed by atoms with Crippen LogP contribution in [0.1, 0.15) is 66.7 Å². The molecule has 3 aliphatic carbocycles. The van der Waals surface area contributed by atoms with E-state index in [4.69, 9.17) is 0 Å². The summed E-state index contributed by atoms with van der Waals surface area (Å²) in [5.41, 5.74) is 2.61. The summed E-state index contributed by atoms with van der Waals surface area (Å²) in [6, 6.07) is 0. The van der Waals surface area contributed by atoms with Gasteiger partial charge in [0.2, 0.25) is 0 Å². The Labute approximate surface area is 135 Å². The van der Waals surface area contributed by atoms with Crippen molar-refractivity contribution in [2.24, 2.45) is 34.5 Å². The molecule has 0 radical (unpaired) electrons. The summed E-state index contributed by atoms with van der Waals surface area (Å²) in [6.45, 7) is 11.6. The van der Waals surface area contributed by atoms with Crippen LogP contribution in [0.25, 0.3) is 0 Å². The van der Waals surface area contributed by atoms with E-state index in [2.05, 4.69) is 34.6 Å². The van der Waals surface area contributed by atoms with E-state index in [1.165, 1.54) is 12.0 Å². The van der Waals surface area contributed by atoms with Gasteiger partial charge in [-0.15, -0.1) is 0 Å². The number of allylic oxidation sites excluding steroid dienone is 2. The highest BCUT2D eigenvalue weighted by molar-refractivity contribution is 6.00. The molecule has 5 atom stereocenters. The van der Waals surface area contributed by atoms with Gasteiger partial charge in [-0.3, -0.25) is 4.79 Å². The van der Waals surface area contributed by atoms with Crippen LogP contribution in [0.15, 0.2) is 11.1 Å². The van der Waals surface area contributed by atoms with Crippen LogP contribution in [-0.2, 0) is 4.79 Å². The second-order valence-electron chi connectivity index (χ2n) is 9.08. The lowest BCUT2D eigenvalue weighted by atomic mass is 9.54. The summed E-state index contributed by atoms with van der Waals surface area (Å²) in [5.74, 6) is 1.78. The molecule has 0 spiro atoms. The van der Waals surface area contributed by atoms with Gasteiger partial charge in [-0.1, -0.05) is 33.3 Å². The van der Waals surface area contributed by atoms with E-state index in [1.54, 1.807) is 0 Å². The second kappa shape index (κ2) is 5.19. The molecule has 0 saturated heterocycles. The first kappa shape index (κ1) is 16.2. The molecule has 0 heterocycles. The fourth-order valence-electron chi connectivity index (χ4n) is 5.84. The summed E-state index contributed by atoms with van der Waals surface area (Å²) in [6.07, 6.45) is 5.45. The molecule has 124 valence electrons.